The molecular formula is C19H19N3O2. The maximum atomic E-state index is 12.2. The lowest BCUT2D eigenvalue weighted by Gasteiger charge is -2.18. The molecule has 5 heteroatoms. The van der Waals surface area contributed by atoms with Crippen molar-refractivity contribution in [1.29, 1.82) is 5.26 Å². The van der Waals surface area contributed by atoms with E-state index < -0.39 is 0 Å². The highest BCUT2D eigenvalue weighted by Crippen LogP contribution is 2.14. The molecule has 2 amide bonds. The Balaban J connectivity index is 2.10. The second kappa shape index (κ2) is 7.93. The fraction of sp³-hybridized carbons (Fsp3) is 0.211. The Bertz CT molecular complexity index is 772. The summed E-state index contributed by atoms with van der Waals surface area (Å²) in [5.41, 5.74) is 2.03. The van der Waals surface area contributed by atoms with Crippen molar-refractivity contribution in [1.82, 2.24) is 4.90 Å². The summed E-state index contributed by atoms with van der Waals surface area (Å²) in [7, 11) is 0. The van der Waals surface area contributed by atoms with E-state index in [-0.39, 0.29) is 11.8 Å². The monoisotopic (exact) mass is 321 g/mol. The maximum absolute atomic E-state index is 12.2. The Morgan fingerprint density at radius 3 is 2.29 bits per heavy atom. The van der Waals surface area contributed by atoms with Crippen LogP contribution in [0.15, 0.2) is 48.5 Å². The zero-order chi connectivity index (χ0) is 17.5. The van der Waals surface area contributed by atoms with Gasteiger partial charge in [0.05, 0.1) is 11.6 Å². The third kappa shape index (κ3) is 3.99. The molecule has 0 spiro atoms. The summed E-state index contributed by atoms with van der Waals surface area (Å²) in [6, 6.07) is 15.3. The average molecular weight is 321 g/mol. The summed E-state index contributed by atoms with van der Waals surface area (Å²) in [6.07, 6.45) is 0. The average Bonchev–Trinajstić information content (AvgIpc) is 2.63. The van der Waals surface area contributed by atoms with Crippen LogP contribution < -0.4 is 5.32 Å². The molecule has 122 valence electrons. The van der Waals surface area contributed by atoms with Crippen LogP contribution >= 0.6 is 0 Å². The summed E-state index contributed by atoms with van der Waals surface area (Å²) in [6.45, 7) is 5.18. The van der Waals surface area contributed by atoms with Crippen LogP contribution in [0.5, 0.6) is 0 Å². The highest BCUT2D eigenvalue weighted by atomic mass is 16.2. The number of amides is 2. The van der Waals surface area contributed by atoms with Crippen LogP contribution in [0.2, 0.25) is 0 Å². The molecule has 24 heavy (non-hydrogen) atoms. The molecule has 5 nitrogen and oxygen atoms in total. The Hall–Kier alpha value is -3.13. The molecule has 0 aromatic heterocycles. The first-order valence-corrected chi connectivity index (χ1v) is 7.79. The number of nitrogens with zero attached hydrogens (tertiary/aromatic N) is 2. The van der Waals surface area contributed by atoms with Gasteiger partial charge in [0, 0.05) is 29.9 Å². The van der Waals surface area contributed by atoms with E-state index in [1.165, 1.54) is 6.07 Å². The number of anilines is 1. The first kappa shape index (κ1) is 17.2. The minimum Gasteiger partial charge on any atom is -0.339 e. The molecule has 2 aromatic rings. The van der Waals surface area contributed by atoms with E-state index in [1.54, 1.807) is 47.4 Å². The van der Waals surface area contributed by atoms with E-state index in [1.807, 2.05) is 19.9 Å². The largest absolute Gasteiger partial charge is 0.339 e. The first-order chi connectivity index (χ1) is 11.6. The Morgan fingerprint density at radius 1 is 1.04 bits per heavy atom. The number of nitriles is 1. The van der Waals surface area contributed by atoms with Crippen molar-refractivity contribution < 1.29 is 9.59 Å². The van der Waals surface area contributed by atoms with Crippen molar-refractivity contribution in [3.8, 4) is 6.07 Å². The highest BCUT2D eigenvalue weighted by molar-refractivity contribution is 6.04. The van der Waals surface area contributed by atoms with Gasteiger partial charge in [-0.1, -0.05) is 6.07 Å². The molecule has 0 aliphatic carbocycles. The number of benzene rings is 2. The van der Waals surface area contributed by atoms with E-state index in [0.717, 1.165) is 0 Å². The van der Waals surface area contributed by atoms with Gasteiger partial charge in [0.15, 0.2) is 0 Å². The SMILES string of the molecule is CCN(CC)C(=O)c1ccc(NC(=O)c2cccc(C#N)c2)cc1. The van der Waals surface area contributed by atoms with E-state index in [9.17, 15) is 9.59 Å². The number of hydrogen-bond acceptors (Lipinski definition) is 3. The standard InChI is InChI=1S/C19H19N3O2/c1-3-22(4-2)19(24)15-8-10-17(11-9-15)21-18(23)16-7-5-6-14(12-16)13-20/h5-12H,3-4H2,1-2H3,(H,21,23). The van der Waals surface area contributed by atoms with Crippen molar-refractivity contribution in [3.05, 3.63) is 65.2 Å². The number of rotatable bonds is 5. The van der Waals surface area contributed by atoms with Crippen molar-refractivity contribution in [3.63, 3.8) is 0 Å². The molecule has 0 radical (unpaired) electrons. The molecule has 1 N–H and O–H groups in total. The smallest absolute Gasteiger partial charge is 0.255 e. The number of carbonyl (C=O) groups excluding carboxylic acids is 2. The molecule has 0 bridgehead atoms. The quantitative estimate of drug-likeness (QED) is 0.918. The number of nitrogens with one attached hydrogen (secondary N) is 1. The van der Waals surface area contributed by atoms with Crippen LogP contribution in [0, 0.1) is 11.3 Å². The van der Waals surface area contributed by atoms with E-state index in [2.05, 4.69) is 5.32 Å². The Labute approximate surface area is 141 Å². The predicted molar refractivity (Wildman–Crippen MR) is 92.8 cm³/mol. The van der Waals surface area contributed by atoms with E-state index >= 15 is 0 Å². The molecule has 0 unspecified atom stereocenters. The van der Waals surface area contributed by atoms with Crippen LogP contribution in [0.3, 0.4) is 0 Å². The fourth-order valence-corrected chi connectivity index (χ4v) is 2.32. The van der Waals surface area contributed by atoms with Gasteiger partial charge in [-0.2, -0.15) is 5.26 Å². The molecule has 0 aliphatic heterocycles. The van der Waals surface area contributed by atoms with Crippen molar-refractivity contribution in [2.45, 2.75) is 13.8 Å². The zero-order valence-corrected chi connectivity index (χ0v) is 13.7. The van der Waals surface area contributed by atoms with Crippen LogP contribution in [0.4, 0.5) is 5.69 Å². The zero-order valence-electron chi connectivity index (χ0n) is 13.7. The van der Waals surface area contributed by atoms with Crippen molar-refractivity contribution in [2.75, 3.05) is 18.4 Å². The molecule has 0 saturated carbocycles. The summed E-state index contributed by atoms with van der Waals surface area (Å²) >= 11 is 0. The van der Waals surface area contributed by atoms with E-state index in [4.69, 9.17) is 5.26 Å². The van der Waals surface area contributed by atoms with Crippen LogP contribution in [-0.4, -0.2) is 29.8 Å². The minimum absolute atomic E-state index is 0.0282. The molecule has 2 aromatic carbocycles. The molecular weight excluding hydrogens is 302 g/mol. The third-order valence-corrected chi connectivity index (χ3v) is 3.69. The Kier molecular flexibility index (Phi) is 5.69. The van der Waals surface area contributed by atoms with Crippen LogP contribution in [-0.2, 0) is 0 Å². The van der Waals surface area contributed by atoms with Gasteiger partial charge >= 0.3 is 0 Å². The summed E-state index contributed by atoms with van der Waals surface area (Å²) in [4.78, 5) is 26.2. The lowest BCUT2D eigenvalue weighted by atomic mass is 10.1. The van der Waals surface area contributed by atoms with Gasteiger partial charge in [0.25, 0.3) is 11.8 Å². The first-order valence-electron chi connectivity index (χ1n) is 7.79. The maximum Gasteiger partial charge on any atom is 0.255 e. The van der Waals surface area contributed by atoms with Crippen molar-refractivity contribution >= 4 is 17.5 Å². The second-order valence-electron chi connectivity index (χ2n) is 5.20. The van der Waals surface area contributed by atoms with E-state index in [0.29, 0.717) is 35.5 Å². The third-order valence-electron chi connectivity index (χ3n) is 3.69. The van der Waals surface area contributed by atoms with Crippen LogP contribution in [0.1, 0.15) is 40.1 Å². The van der Waals surface area contributed by atoms with Crippen molar-refractivity contribution in [2.24, 2.45) is 0 Å². The predicted octanol–water partition coefficient (Wildman–Crippen LogP) is 3.29. The van der Waals surface area contributed by atoms with Gasteiger partial charge in [-0.3, -0.25) is 9.59 Å². The molecule has 0 aliphatic rings. The van der Waals surface area contributed by atoms with Crippen LogP contribution in [0.25, 0.3) is 0 Å². The number of carbonyl (C=O) groups is 2. The van der Waals surface area contributed by atoms with Gasteiger partial charge in [0.1, 0.15) is 0 Å². The lowest BCUT2D eigenvalue weighted by molar-refractivity contribution is 0.0773. The fourth-order valence-electron chi connectivity index (χ4n) is 2.32. The normalized spacial score (nSPS) is 9.88. The van der Waals surface area contributed by atoms with Gasteiger partial charge in [-0.15, -0.1) is 0 Å². The lowest BCUT2D eigenvalue weighted by Crippen LogP contribution is -2.30. The summed E-state index contributed by atoms with van der Waals surface area (Å²) in [5, 5.41) is 11.6. The topological polar surface area (TPSA) is 73.2 Å². The second-order valence-corrected chi connectivity index (χ2v) is 5.20. The van der Waals surface area contributed by atoms with Gasteiger partial charge in [-0.05, 0) is 56.3 Å². The Morgan fingerprint density at radius 2 is 1.71 bits per heavy atom. The minimum atomic E-state index is -0.296. The molecule has 0 saturated heterocycles. The van der Waals surface area contributed by atoms with Gasteiger partial charge in [-0.25, -0.2) is 0 Å². The molecule has 0 heterocycles. The molecule has 0 atom stereocenters. The van der Waals surface area contributed by atoms with Gasteiger partial charge in [0.2, 0.25) is 0 Å². The molecule has 0 fully saturated rings. The molecule has 2 rings (SSSR count). The van der Waals surface area contributed by atoms with Gasteiger partial charge < -0.3 is 10.2 Å². The summed E-state index contributed by atoms with van der Waals surface area (Å²) in [5.74, 6) is -0.325. The highest BCUT2D eigenvalue weighted by Gasteiger charge is 2.12. The summed E-state index contributed by atoms with van der Waals surface area (Å²) < 4.78 is 0. The number of hydrogen-bond donors (Lipinski definition) is 1.